The number of benzene rings is 12. The molecule has 0 unspecified atom stereocenters. The molecular weight excluding hydrogens is 1800 g/mol. The van der Waals surface area contributed by atoms with Gasteiger partial charge in [-0.1, -0.05) is 139 Å². The van der Waals surface area contributed by atoms with E-state index >= 15 is 0 Å². The quantitative estimate of drug-likeness (QED) is 0.0378. The Morgan fingerprint density at radius 2 is 0.511 bits per heavy atom. The first-order valence-electron chi connectivity index (χ1n) is 41.2. The third kappa shape index (κ3) is 30.1. The zero-order valence-electron chi connectivity index (χ0n) is 75.3. The molecule has 0 heterocycles. The largest absolute Gasteiger partial charge is 0.459 e. The second-order valence-electron chi connectivity index (χ2n) is 34.3. The van der Waals surface area contributed by atoms with Crippen LogP contribution < -0.4 is 24.3 Å². The van der Waals surface area contributed by atoms with Crippen molar-refractivity contribution in [2.45, 2.75) is 112 Å². The van der Waals surface area contributed by atoms with Crippen LogP contribution in [0, 0.1) is 82.5 Å². The minimum atomic E-state index is -3.47. The van der Waals surface area contributed by atoms with Gasteiger partial charge in [-0.3, -0.25) is 62.7 Å². The fraction of sp³-hybridized carbons (Fsp3) is 0.216. The van der Waals surface area contributed by atoms with Crippen molar-refractivity contribution in [1.29, 1.82) is 0 Å². The summed E-state index contributed by atoms with van der Waals surface area (Å²) in [5.41, 5.74) is -0.443. The van der Waals surface area contributed by atoms with E-state index in [1.165, 1.54) is 66.7 Å². The second-order valence-corrected chi connectivity index (χ2v) is 36.0. The first-order chi connectivity index (χ1) is 63.1. The Bertz CT molecular complexity index is 6450. The van der Waals surface area contributed by atoms with Gasteiger partial charge in [0, 0.05) is 82.5 Å². The van der Waals surface area contributed by atoms with E-state index in [0.717, 1.165) is 53.7 Å². The summed E-state index contributed by atoms with van der Waals surface area (Å²) < 4.78 is 229. The summed E-state index contributed by atoms with van der Waals surface area (Å²) in [4.78, 5) is 106. The maximum atomic E-state index is 14.5. The van der Waals surface area contributed by atoms with E-state index < -0.39 is 204 Å². The Morgan fingerprint density at radius 1 is 0.274 bits per heavy atom. The highest BCUT2D eigenvalue weighted by Gasteiger charge is 2.35. The van der Waals surface area contributed by atoms with E-state index in [2.05, 4.69) is 4.72 Å². The van der Waals surface area contributed by atoms with Crippen molar-refractivity contribution in [3.05, 3.63) is 352 Å². The van der Waals surface area contributed by atoms with Crippen molar-refractivity contribution in [1.82, 2.24) is 0 Å². The summed E-state index contributed by atoms with van der Waals surface area (Å²) in [6, 6.07) is 57.8. The predicted octanol–water partition coefficient (Wildman–Crippen LogP) is 22.9. The Morgan fingerprint density at radius 3 is 0.785 bits per heavy atom. The fourth-order valence-electron chi connectivity index (χ4n) is 13.2. The molecule has 4 amide bonds. The zero-order chi connectivity index (χ0) is 99.7. The average Bonchev–Trinajstić information content (AvgIpc) is 0.800. The SMILES string of the molecule is CC(C)(C)OC(=O)CN(C(=O)c1c(F)cc(F)cc1F)c1cccc(-c2ccc(NS(C)(=O)=O)cc2)c1.CC(C)(C)OC(=O)CN(C(=O)c1c(F)cc(F)cc1F)c1cccc(-c2ccccc2)c1.CC(C)(C)OC(=O)CN(C(=O)c1c(F)cc(F)cc1F)c1cccc(-c2ccccc2F)c1.Cc1cccc(-c2cccc(N(CC(=O)OC(C)(C)C)C(=O)c3c(F)cc(F)cc3F)c2)c1. The monoisotopic (exact) mass is 1890 g/mol. The van der Waals surface area contributed by atoms with Crippen LogP contribution in [0.15, 0.2) is 249 Å². The molecule has 135 heavy (non-hydrogen) atoms. The number of nitrogens with one attached hydrogen (secondary N) is 1. The van der Waals surface area contributed by atoms with Crippen LogP contribution in [-0.4, -0.2) is 111 Å². The molecule has 0 aliphatic rings. The molecule has 12 rings (SSSR count). The number of amides is 4. The summed E-state index contributed by atoms with van der Waals surface area (Å²) in [7, 11) is -3.47. The molecule has 0 bridgehead atoms. The van der Waals surface area contributed by atoms with Crippen molar-refractivity contribution in [2.24, 2.45) is 0 Å². The van der Waals surface area contributed by atoms with Crippen molar-refractivity contribution in [3.63, 3.8) is 0 Å². The van der Waals surface area contributed by atoms with Gasteiger partial charge in [0.15, 0.2) is 0 Å². The van der Waals surface area contributed by atoms with Crippen molar-refractivity contribution in [2.75, 3.05) is 56.8 Å². The summed E-state index contributed by atoms with van der Waals surface area (Å²) in [6.07, 6.45) is 1.02. The highest BCUT2D eigenvalue weighted by Crippen LogP contribution is 2.36. The Hall–Kier alpha value is -14.8. The number of ether oxygens (including phenoxy) is 4. The smallest absolute Gasteiger partial charge is 0.326 e. The second kappa shape index (κ2) is 44.2. The number of hydrogen-bond donors (Lipinski definition) is 1. The number of halogens is 13. The van der Waals surface area contributed by atoms with E-state index in [4.69, 9.17) is 18.9 Å². The molecule has 12 aromatic rings. The maximum Gasteiger partial charge on any atom is 0.326 e. The van der Waals surface area contributed by atoms with Crippen molar-refractivity contribution < 1.29 is 123 Å². The van der Waals surface area contributed by atoms with Gasteiger partial charge in [-0.2, -0.15) is 0 Å². The third-order valence-corrected chi connectivity index (χ3v) is 19.1. The van der Waals surface area contributed by atoms with E-state index in [9.17, 15) is 104 Å². The van der Waals surface area contributed by atoms with Gasteiger partial charge in [0.05, 0.1) is 6.26 Å². The number of carbonyl (C=O) groups is 8. The molecule has 0 radical (unpaired) electrons. The molecule has 706 valence electrons. The van der Waals surface area contributed by atoms with Gasteiger partial charge in [-0.25, -0.2) is 65.5 Å². The average molecular weight is 1890 g/mol. The molecule has 0 aliphatic carbocycles. The maximum absolute atomic E-state index is 14.5. The minimum absolute atomic E-state index is 0.0646. The molecule has 0 saturated carbocycles. The molecule has 0 atom stereocenters. The summed E-state index contributed by atoms with van der Waals surface area (Å²) in [5, 5.41) is 0. The van der Waals surface area contributed by atoms with Crippen molar-refractivity contribution >= 4 is 86.0 Å². The number of aryl methyl sites for hydroxylation is 1. The van der Waals surface area contributed by atoms with Crippen LogP contribution >= 0.6 is 0 Å². The molecule has 0 saturated heterocycles. The van der Waals surface area contributed by atoms with Gasteiger partial charge in [-0.15, -0.1) is 0 Å². The van der Waals surface area contributed by atoms with Crippen LogP contribution in [0.1, 0.15) is 130 Å². The first kappa shape index (κ1) is 104. The Balaban J connectivity index is 0.000000202. The summed E-state index contributed by atoms with van der Waals surface area (Å²) >= 11 is 0. The number of nitrogens with zero attached hydrogens (tertiary/aromatic N) is 4. The van der Waals surface area contributed by atoms with Crippen LogP contribution in [0.5, 0.6) is 0 Å². The number of anilines is 5. The lowest BCUT2D eigenvalue weighted by molar-refractivity contribution is -0.154. The number of carbonyl (C=O) groups excluding carboxylic acids is 8. The lowest BCUT2D eigenvalue weighted by Crippen LogP contribution is -2.39. The summed E-state index contributed by atoms with van der Waals surface area (Å²) in [6.45, 7) is 19.1. The van der Waals surface area contributed by atoms with Gasteiger partial charge in [0.2, 0.25) is 10.0 Å². The van der Waals surface area contributed by atoms with E-state index in [1.54, 1.807) is 156 Å². The number of esters is 4. The van der Waals surface area contributed by atoms with Crippen LogP contribution in [0.25, 0.3) is 44.5 Å². The Kier molecular flexibility index (Phi) is 34.0. The number of rotatable bonds is 22. The van der Waals surface area contributed by atoms with Gasteiger partial charge in [0.1, 0.15) is 146 Å². The molecular formula is C102H92F13N5O14S. The van der Waals surface area contributed by atoms with E-state index in [-0.39, 0.29) is 28.3 Å². The predicted molar refractivity (Wildman–Crippen MR) is 486 cm³/mol. The molecule has 19 nitrogen and oxygen atoms in total. The van der Waals surface area contributed by atoms with Gasteiger partial charge >= 0.3 is 23.9 Å². The fourth-order valence-corrected chi connectivity index (χ4v) is 13.7. The third-order valence-electron chi connectivity index (χ3n) is 18.5. The van der Waals surface area contributed by atoms with Crippen LogP contribution in [0.2, 0.25) is 0 Å². The first-order valence-corrected chi connectivity index (χ1v) is 43.1. The standard InChI is InChI=1S/C26H25F3N2O5S.C26H24F3NO3.C25H21F4NO3.C25H22F3NO3/c1-26(2,3)36-23(32)15-31(25(33)24-21(28)13-18(27)14-22(24)29)20-7-5-6-17(12-20)16-8-10-19(11-9-16)30-37(4,34)35;1-16-7-5-8-17(11-16)18-9-6-10-20(12-18)30(15-23(31)33-26(2,3)4)25(32)24-21(28)13-19(27)14-22(24)29;1-25(2,3)33-22(31)14-30(24(32)23-20(28)12-16(26)13-21(23)29)17-8-6-7-15(11-17)18-9-4-5-10-19(18)27;1-25(2,3)32-22(30)15-29(24(31)23-20(27)13-18(26)14-21(23)28)19-11-7-10-17(12-19)16-8-5-4-6-9-16/h5-14,30H,15H2,1-4H3;5-14H,15H2,1-4H3;4-13H,14H2,1-3H3;4-14H,15H2,1-3H3. The highest BCUT2D eigenvalue weighted by atomic mass is 32.2. The molecule has 0 aliphatic heterocycles. The molecule has 33 heteroatoms. The van der Waals surface area contributed by atoms with Gasteiger partial charge in [-0.05, 0) is 196 Å². The number of sulfonamides is 1. The molecule has 1 N–H and O–H groups in total. The molecule has 0 aromatic heterocycles. The zero-order valence-corrected chi connectivity index (χ0v) is 76.1. The lowest BCUT2D eigenvalue weighted by Gasteiger charge is -2.26. The lowest BCUT2D eigenvalue weighted by atomic mass is 10.0. The van der Waals surface area contributed by atoms with Crippen molar-refractivity contribution in [3.8, 4) is 44.5 Å². The normalized spacial score (nSPS) is 11.3. The molecule has 0 spiro atoms. The Labute approximate surface area is 770 Å². The number of hydrogen-bond acceptors (Lipinski definition) is 14. The summed E-state index contributed by atoms with van der Waals surface area (Å²) in [5.74, 6) is -24.2. The van der Waals surface area contributed by atoms with Crippen LogP contribution in [0.4, 0.5) is 85.5 Å². The van der Waals surface area contributed by atoms with Crippen LogP contribution in [-0.2, 0) is 48.1 Å². The van der Waals surface area contributed by atoms with Gasteiger partial charge in [0.25, 0.3) is 23.6 Å². The highest BCUT2D eigenvalue weighted by molar-refractivity contribution is 7.92. The van der Waals surface area contributed by atoms with Gasteiger partial charge < -0.3 is 18.9 Å². The van der Waals surface area contributed by atoms with E-state index in [1.807, 2.05) is 67.6 Å². The molecule has 12 aromatic carbocycles. The van der Waals surface area contributed by atoms with E-state index in [0.29, 0.717) is 70.9 Å². The van der Waals surface area contributed by atoms with Crippen LogP contribution in [0.3, 0.4) is 0 Å². The topological polar surface area (TPSA) is 233 Å². The molecule has 0 fully saturated rings. The minimum Gasteiger partial charge on any atom is -0.459 e.